The standard InChI is InChI=1S/C29H29Cl3F3N3O4S/c1-4-26(28(40)36-5-2)37(16-21-23(30)7-6-8-24(21)31)27(39)17-38(43(41,42)20-12-9-18(3)10-13-20)19-11-14-25(32)22(15-19)29(33,34)35/h6-15,26H,4-5,16-17H2,1-3H3,(H,36,40). The van der Waals surface area contributed by atoms with Gasteiger partial charge in [0.15, 0.2) is 0 Å². The van der Waals surface area contributed by atoms with E-state index in [9.17, 15) is 31.2 Å². The number of sulfonamides is 1. The molecule has 0 bridgehead atoms. The molecule has 0 aliphatic carbocycles. The molecule has 3 aromatic rings. The van der Waals surface area contributed by atoms with Gasteiger partial charge < -0.3 is 10.2 Å². The van der Waals surface area contributed by atoms with Gasteiger partial charge in [-0.15, -0.1) is 0 Å². The fourth-order valence-electron chi connectivity index (χ4n) is 4.32. The van der Waals surface area contributed by atoms with E-state index in [2.05, 4.69) is 5.32 Å². The maximum absolute atomic E-state index is 14.0. The Morgan fingerprint density at radius 2 is 1.53 bits per heavy atom. The van der Waals surface area contributed by atoms with Gasteiger partial charge in [0.05, 0.1) is 21.2 Å². The Balaban J connectivity index is 2.19. The van der Waals surface area contributed by atoms with Crippen LogP contribution >= 0.6 is 34.8 Å². The molecule has 0 saturated carbocycles. The molecule has 1 N–H and O–H groups in total. The first-order chi connectivity index (χ1) is 20.1. The largest absolute Gasteiger partial charge is 0.417 e. The van der Waals surface area contributed by atoms with Gasteiger partial charge in [-0.2, -0.15) is 13.2 Å². The lowest BCUT2D eigenvalue weighted by molar-refractivity contribution is -0.140. The van der Waals surface area contributed by atoms with Crippen molar-refractivity contribution in [3.8, 4) is 0 Å². The molecule has 0 radical (unpaired) electrons. The summed E-state index contributed by atoms with van der Waals surface area (Å²) < 4.78 is 69.7. The van der Waals surface area contributed by atoms with Gasteiger partial charge in [-0.25, -0.2) is 8.42 Å². The molecule has 2 amide bonds. The van der Waals surface area contributed by atoms with Crippen LogP contribution in [-0.2, 0) is 32.3 Å². The van der Waals surface area contributed by atoms with Gasteiger partial charge in [0, 0.05) is 28.7 Å². The Hall–Kier alpha value is -2.99. The molecule has 0 fully saturated rings. The second-order valence-corrected chi connectivity index (χ2v) is 12.6. The first-order valence-corrected chi connectivity index (χ1v) is 15.6. The predicted molar refractivity (Wildman–Crippen MR) is 162 cm³/mol. The van der Waals surface area contributed by atoms with Crippen LogP contribution in [0.5, 0.6) is 0 Å². The minimum absolute atomic E-state index is 0.128. The highest BCUT2D eigenvalue weighted by molar-refractivity contribution is 7.92. The maximum atomic E-state index is 14.0. The first-order valence-electron chi connectivity index (χ1n) is 13.1. The van der Waals surface area contributed by atoms with Crippen LogP contribution in [0.25, 0.3) is 0 Å². The summed E-state index contributed by atoms with van der Waals surface area (Å²) in [5.74, 6) is -1.39. The number of amides is 2. The van der Waals surface area contributed by atoms with E-state index in [0.717, 1.165) is 22.6 Å². The van der Waals surface area contributed by atoms with Crippen molar-refractivity contribution >= 4 is 62.3 Å². The van der Waals surface area contributed by atoms with E-state index in [4.69, 9.17) is 34.8 Å². The van der Waals surface area contributed by atoms with Crippen LogP contribution in [0.1, 0.15) is 37.0 Å². The number of aryl methyl sites for hydroxylation is 1. The number of nitrogens with one attached hydrogen (secondary N) is 1. The van der Waals surface area contributed by atoms with Crippen LogP contribution in [0.4, 0.5) is 18.9 Å². The van der Waals surface area contributed by atoms with Crippen molar-refractivity contribution in [3.05, 3.63) is 92.4 Å². The number of likely N-dealkylation sites (N-methyl/N-ethyl adjacent to an activating group) is 1. The first kappa shape index (κ1) is 34.5. The molecular weight excluding hydrogens is 650 g/mol. The number of hydrogen-bond donors (Lipinski definition) is 1. The second-order valence-electron chi connectivity index (χ2n) is 9.53. The minimum Gasteiger partial charge on any atom is -0.355 e. The zero-order valence-electron chi connectivity index (χ0n) is 23.4. The summed E-state index contributed by atoms with van der Waals surface area (Å²) in [5.41, 5.74) is -0.687. The number of halogens is 6. The van der Waals surface area contributed by atoms with Crippen molar-refractivity contribution in [3.63, 3.8) is 0 Å². The number of carbonyl (C=O) groups excluding carboxylic acids is 2. The van der Waals surface area contributed by atoms with E-state index in [1.807, 2.05) is 0 Å². The Morgan fingerprint density at radius 1 is 0.930 bits per heavy atom. The molecule has 0 heterocycles. The molecule has 232 valence electrons. The van der Waals surface area contributed by atoms with Gasteiger partial charge in [0.25, 0.3) is 10.0 Å². The molecule has 0 aliphatic heterocycles. The molecule has 0 spiro atoms. The molecular formula is C29H29Cl3F3N3O4S. The van der Waals surface area contributed by atoms with E-state index < -0.39 is 56.9 Å². The quantitative estimate of drug-likeness (QED) is 0.234. The second kappa shape index (κ2) is 14.2. The summed E-state index contributed by atoms with van der Waals surface area (Å²) in [6, 6.07) is 11.7. The summed E-state index contributed by atoms with van der Waals surface area (Å²) in [4.78, 5) is 27.9. The highest BCUT2D eigenvalue weighted by atomic mass is 35.5. The number of benzene rings is 3. The molecule has 14 heteroatoms. The molecule has 3 aromatic carbocycles. The van der Waals surface area contributed by atoms with Crippen molar-refractivity contribution in [1.82, 2.24) is 10.2 Å². The third-order valence-corrected chi connectivity index (χ3v) is 9.38. The van der Waals surface area contributed by atoms with Gasteiger partial charge in [-0.05, 0) is 62.7 Å². The molecule has 0 aromatic heterocycles. The average Bonchev–Trinajstić information content (AvgIpc) is 2.93. The summed E-state index contributed by atoms with van der Waals surface area (Å²) in [6.45, 7) is 4.10. The zero-order chi connectivity index (χ0) is 32.1. The smallest absolute Gasteiger partial charge is 0.355 e. The summed E-state index contributed by atoms with van der Waals surface area (Å²) in [5, 5.41) is 2.41. The fourth-order valence-corrected chi connectivity index (χ4v) is 6.46. The molecule has 1 atom stereocenters. The van der Waals surface area contributed by atoms with E-state index >= 15 is 0 Å². The van der Waals surface area contributed by atoms with Gasteiger partial charge >= 0.3 is 6.18 Å². The number of rotatable bonds is 11. The van der Waals surface area contributed by atoms with Gasteiger partial charge in [0.2, 0.25) is 11.8 Å². The van der Waals surface area contributed by atoms with Crippen molar-refractivity contribution in [1.29, 1.82) is 0 Å². The van der Waals surface area contributed by atoms with Crippen LogP contribution in [-0.4, -0.2) is 44.3 Å². The van der Waals surface area contributed by atoms with E-state index in [-0.39, 0.29) is 34.5 Å². The third kappa shape index (κ3) is 8.14. The Labute approximate surface area is 263 Å². The molecule has 43 heavy (non-hydrogen) atoms. The molecule has 0 saturated heterocycles. The summed E-state index contributed by atoms with van der Waals surface area (Å²) in [7, 11) is -4.60. The van der Waals surface area contributed by atoms with Gasteiger partial charge in [0.1, 0.15) is 12.6 Å². The number of hydrogen-bond acceptors (Lipinski definition) is 4. The maximum Gasteiger partial charge on any atom is 0.417 e. The number of nitrogens with zero attached hydrogens (tertiary/aromatic N) is 2. The van der Waals surface area contributed by atoms with Crippen molar-refractivity contribution in [2.75, 3.05) is 17.4 Å². The van der Waals surface area contributed by atoms with E-state index in [1.54, 1.807) is 39.0 Å². The molecule has 3 rings (SSSR count). The highest BCUT2D eigenvalue weighted by Gasteiger charge is 2.37. The highest BCUT2D eigenvalue weighted by Crippen LogP contribution is 2.38. The third-order valence-electron chi connectivity index (χ3n) is 6.56. The van der Waals surface area contributed by atoms with Crippen LogP contribution in [0.3, 0.4) is 0 Å². The van der Waals surface area contributed by atoms with Crippen molar-refractivity contribution in [2.45, 2.75) is 50.9 Å². The Morgan fingerprint density at radius 3 is 2.07 bits per heavy atom. The summed E-state index contributed by atoms with van der Waals surface area (Å²) >= 11 is 18.5. The van der Waals surface area contributed by atoms with Crippen LogP contribution in [0.15, 0.2) is 65.6 Å². The van der Waals surface area contributed by atoms with E-state index in [1.165, 1.54) is 24.3 Å². The van der Waals surface area contributed by atoms with Crippen LogP contribution < -0.4 is 9.62 Å². The van der Waals surface area contributed by atoms with Crippen molar-refractivity contribution < 1.29 is 31.2 Å². The van der Waals surface area contributed by atoms with Crippen LogP contribution in [0.2, 0.25) is 15.1 Å². The molecule has 0 aliphatic rings. The topological polar surface area (TPSA) is 86.8 Å². The van der Waals surface area contributed by atoms with E-state index in [0.29, 0.717) is 15.9 Å². The normalized spacial score (nSPS) is 12.5. The van der Waals surface area contributed by atoms with Gasteiger partial charge in [-0.3, -0.25) is 13.9 Å². The zero-order valence-corrected chi connectivity index (χ0v) is 26.5. The lowest BCUT2D eigenvalue weighted by Crippen LogP contribution is -2.52. The van der Waals surface area contributed by atoms with Gasteiger partial charge in [-0.1, -0.05) is 65.5 Å². The Bertz CT molecular complexity index is 1570. The number of anilines is 1. The van der Waals surface area contributed by atoms with Crippen molar-refractivity contribution in [2.24, 2.45) is 0 Å². The predicted octanol–water partition coefficient (Wildman–Crippen LogP) is 7.11. The molecule has 7 nitrogen and oxygen atoms in total. The minimum atomic E-state index is -4.91. The SMILES string of the molecule is CCNC(=O)C(CC)N(Cc1c(Cl)cccc1Cl)C(=O)CN(c1ccc(Cl)c(C(F)(F)F)c1)S(=O)(=O)c1ccc(C)cc1. The van der Waals surface area contributed by atoms with Crippen LogP contribution in [0, 0.1) is 6.92 Å². The summed E-state index contributed by atoms with van der Waals surface area (Å²) in [6.07, 6.45) is -4.78. The average molecular weight is 679 g/mol. The lowest BCUT2D eigenvalue weighted by Gasteiger charge is -2.33. The lowest BCUT2D eigenvalue weighted by atomic mass is 10.1. The monoisotopic (exact) mass is 677 g/mol. The Kier molecular flexibility index (Phi) is 11.4. The number of alkyl halides is 3. The molecule has 1 unspecified atom stereocenters. The number of carbonyl (C=O) groups is 2. The fraction of sp³-hybridized carbons (Fsp3) is 0.310.